The van der Waals surface area contributed by atoms with E-state index < -0.39 is 10.0 Å². The van der Waals surface area contributed by atoms with Crippen molar-refractivity contribution in [2.24, 2.45) is 0 Å². The molecule has 3 rings (SSSR count). The highest BCUT2D eigenvalue weighted by Crippen LogP contribution is 2.24. The van der Waals surface area contributed by atoms with E-state index in [1.165, 1.54) is 16.4 Å². The Labute approximate surface area is 211 Å². The van der Waals surface area contributed by atoms with Gasteiger partial charge < -0.3 is 5.32 Å². The Hall–Kier alpha value is -2.48. The van der Waals surface area contributed by atoms with Crippen molar-refractivity contribution in [3.63, 3.8) is 0 Å². The minimum Gasteiger partial charge on any atom is -0.354 e. The van der Waals surface area contributed by atoms with Gasteiger partial charge in [-0.1, -0.05) is 61.0 Å². The minimum absolute atomic E-state index is 0.153. The molecule has 0 fully saturated rings. The quantitative estimate of drug-likeness (QED) is 0.321. The molecule has 1 N–H and O–H groups in total. The fourth-order valence-corrected chi connectivity index (χ4v) is 5.90. The molecule has 8 heteroatoms. The number of thioether (sulfide) groups is 1. The predicted molar refractivity (Wildman–Crippen MR) is 142 cm³/mol. The minimum atomic E-state index is -3.88. The fraction of sp³-hybridized carbons (Fsp3) is 0.269. The van der Waals surface area contributed by atoms with E-state index in [2.05, 4.69) is 5.32 Å². The van der Waals surface area contributed by atoms with Crippen LogP contribution in [-0.4, -0.2) is 33.2 Å². The Morgan fingerprint density at radius 2 is 1.71 bits per heavy atom. The molecule has 3 aromatic rings. The molecule has 0 saturated heterocycles. The van der Waals surface area contributed by atoms with Crippen LogP contribution in [0.5, 0.6) is 0 Å². The summed E-state index contributed by atoms with van der Waals surface area (Å²) in [7, 11) is -3.88. The summed E-state index contributed by atoms with van der Waals surface area (Å²) >= 11 is 7.78. The van der Waals surface area contributed by atoms with Crippen molar-refractivity contribution in [1.82, 2.24) is 5.32 Å². The van der Waals surface area contributed by atoms with Crippen molar-refractivity contribution in [2.75, 3.05) is 23.1 Å². The highest BCUT2D eigenvalue weighted by Gasteiger charge is 2.26. The maximum Gasteiger partial charge on any atom is 0.264 e. The molecule has 34 heavy (non-hydrogen) atoms. The van der Waals surface area contributed by atoms with Gasteiger partial charge in [-0.15, -0.1) is 0 Å². The van der Waals surface area contributed by atoms with Crippen molar-refractivity contribution in [3.05, 3.63) is 95.0 Å². The summed E-state index contributed by atoms with van der Waals surface area (Å²) in [6, 6.07) is 23.2. The first-order chi connectivity index (χ1) is 16.4. The van der Waals surface area contributed by atoms with Gasteiger partial charge in [-0.25, -0.2) is 8.42 Å². The first-order valence-electron chi connectivity index (χ1n) is 11.2. The number of nitrogens with one attached hydrogen (secondary N) is 1. The second-order valence-electron chi connectivity index (χ2n) is 7.73. The van der Waals surface area contributed by atoms with Crippen LogP contribution in [0.2, 0.25) is 5.02 Å². The number of nitrogens with zero attached hydrogens (tertiary/aromatic N) is 1. The SMILES string of the molecule is CCc1ccc(N(CC(=O)NCCCSCc2cccc(Cl)c2)S(=O)(=O)c2ccccc2)cc1. The number of carbonyl (C=O) groups is 1. The second kappa shape index (κ2) is 12.8. The second-order valence-corrected chi connectivity index (χ2v) is 11.1. The lowest BCUT2D eigenvalue weighted by Crippen LogP contribution is -2.41. The highest BCUT2D eigenvalue weighted by atomic mass is 35.5. The van der Waals surface area contributed by atoms with Crippen LogP contribution in [-0.2, 0) is 27.0 Å². The van der Waals surface area contributed by atoms with Gasteiger partial charge in [0, 0.05) is 17.3 Å². The van der Waals surface area contributed by atoms with Crippen LogP contribution in [0, 0.1) is 0 Å². The molecule has 0 unspecified atom stereocenters. The molecule has 3 aromatic carbocycles. The van der Waals surface area contributed by atoms with Gasteiger partial charge in [-0.2, -0.15) is 11.8 Å². The van der Waals surface area contributed by atoms with Crippen molar-refractivity contribution in [1.29, 1.82) is 0 Å². The summed E-state index contributed by atoms with van der Waals surface area (Å²) in [6.07, 6.45) is 1.63. The number of rotatable bonds is 12. The third-order valence-corrected chi connectivity index (χ3v) is 8.33. The van der Waals surface area contributed by atoms with Crippen LogP contribution < -0.4 is 9.62 Å². The number of anilines is 1. The van der Waals surface area contributed by atoms with Gasteiger partial charge in [-0.05, 0) is 66.1 Å². The van der Waals surface area contributed by atoms with E-state index in [-0.39, 0.29) is 17.3 Å². The zero-order valence-corrected chi connectivity index (χ0v) is 21.5. The van der Waals surface area contributed by atoms with Gasteiger partial charge in [0.1, 0.15) is 6.54 Å². The molecule has 0 aromatic heterocycles. The molecular formula is C26H29ClN2O3S2. The van der Waals surface area contributed by atoms with Crippen molar-refractivity contribution in [2.45, 2.75) is 30.4 Å². The van der Waals surface area contributed by atoms with E-state index in [0.717, 1.165) is 40.5 Å². The Bertz CT molecular complexity index is 1170. The van der Waals surface area contributed by atoms with Crippen LogP contribution in [0.4, 0.5) is 5.69 Å². The molecule has 180 valence electrons. The molecule has 0 spiro atoms. The number of aryl methyl sites for hydroxylation is 1. The highest BCUT2D eigenvalue weighted by molar-refractivity contribution is 7.98. The van der Waals surface area contributed by atoms with Crippen LogP contribution in [0.25, 0.3) is 0 Å². The van der Waals surface area contributed by atoms with E-state index in [1.807, 2.05) is 43.3 Å². The first kappa shape index (κ1) is 26.1. The summed E-state index contributed by atoms with van der Waals surface area (Å²) in [5.41, 5.74) is 2.73. The molecule has 0 aliphatic carbocycles. The van der Waals surface area contributed by atoms with Crippen molar-refractivity contribution >= 4 is 45.0 Å². The Kier molecular flexibility index (Phi) is 9.86. The van der Waals surface area contributed by atoms with Crippen LogP contribution in [0.15, 0.2) is 83.8 Å². The van der Waals surface area contributed by atoms with Crippen molar-refractivity contribution in [3.8, 4) is 0 Å². The summed E-state index contributed by atoms with van der Waals surface area (Å²) in [5.74, 6) is 1.39. The molecule has 0 atom stereocenters. The molecule has 1 amide bonds. The van der Waals surface area contributed by atoms with E-state index in [4.69, 9.17) is 11.6 Å². The van der Waals surface area contributed by atoms with Gasteiger partial charge >= 0.3 is 0 Å². The zero-order chi connectivity index (χ0) is 24.4. The van der Waals surface area contributed by atoms with Gasteiger partial charge in [0.15, 0.2) is 0 Å². The lowest BCUT2D eigenvalue weighted by molar-refractivity contribution is -0.119. The molecule has 0 radical (unpaired) electrons. The lowest BCUT2D eigenvalue weighted by atomic mass is 10.1. The topological polar surface area (TPSA) is 66.5 Å². The number of hydrogen-bond acceptors (Lipinski definition) is 4. The lowest BCUT2D eigenvalue weighted by Gasteiger charge is -2.24. The molecule has 0 heterocycles. The normalized spacial score (nSPS) is 11.2. The van der Waals surface area contributed by atoms with Crippen molar-refractivity contribution < 1.29 is 13.2 Å². The Morgan fingerprint density at radius 3 is 2.38 bits per heavy atom. The van der Waals surface area contributed by atoms with Gasteiger partial charge in [0.25, 0.3) is 10.0 Å². The maximum atomic E-state index is 13.3. The Morgan fingerprint density at radius 1 is 0.971 bits per heavy atom. The largest absolute Gasteiger partial charge is 0.354 e. The average Bonchev–Trinajstić information content (AvgIpc) is 2.85. The molecule has 0 saturated carbocycles. The third kappa shape index (κ3) is 7.52. The fourth-order valence-electron chi connectivity index (χ4n) is 3.34. The smallest absolute Gasteiger partial charge is 0.264 e. The molecule has 0 aliphatic rings. The third-order valence-electron chi connectivity index (χ3n) is 5.20. The first-order valence-corrected chi connectivity index (χ1v) is 14.1. The average molecular weight is 517 g/mol. The zero-order valence-electron chi connectivity index (χ0n) is 19.1. The van der Waals surface area contributed by atoms with Gasteiger partial charge in [-0.3, -0.25) is 9.10 Å². The number of amides is 1. The summed E-state index contributed by atoms with van der Waals surface area (Å²) in [6.45, 7) is 2.24. The molecule has 0 aliphatic heterocycles. The van der Waals surface area contributed by atoms with Gasteiger partial charge in [0.2, 0.25) is 5.91 Å². The van der Waals surface area contributed by atoms with Crippen LogP contribution >= 0.6 is 23.4 Å². The monoisotopic (exact) mass is 516 g/mol. The molecule has 5 nitrogen and oxygen atoms in total. The summed E-state index contributed by atoms with van der Waals surface area (Å²) < 4.78 is 27.8. The van der Waals surface area contributed by atoms with E-state index in [1.54, 1.807) is 42.1 Å². The summed E-state index contributed by atoms with van der Waals surface area (Å²) in [4.78, 5) is 12.8. The van der Waals surface area contributed by atoms with E-state index in [9.17, 15) is 13.2 Å². The number of halogens is 1. The number of hydrogen-bond donors (Lipinski definition) is 1. The van der Waals surface area contributed by atoms with E-state index >= 15 is 0 Å². The number of sulfonamides is 1. The molecular weight excluding hydrogens is 488 g/mol. The summed E-state index contributed by atoms with van der Waals surface area (Å²) in [5, 5.41) is 3.58. The van der Waals surface area contributed by atoms with E-state index in [0.29, 0.717) is 12.2 Å². The van der Waals surface area contributed by atoms with Gasteiger partial charge in [0.05, 0.1) is 10.6 Å². The molecule has 0 bridgehead atoms. The maximum absolute atomic E-state index is 13.3. The van der Waals surface area contributed by atoms with Crippen LogP contribution in [0.3, 0.4) is 0 Å². The Balaban J connectivity index is 1.58. The standard InChI is InChI=1S/C26H29ClN2O3S2/c1-2-21-12-14-24(15-13-21)29(34(31,32)25-10-4-3-5-11-25)19-26(30)28-16-7-17-33-20-22-8-6-9-23(27)18-22/h3-6,8-15,18H,2,7,16-17,19-20H2,1H3,(H,28,30). The van der Waals surface area contributed by atoms with Crippen LogP contribution in [0.1, 0.15) is 24.5 Å². The number of carbonyl (C=O) groups excluding carboxylic acids is 1. The number of benzene rings is 3. The predicted octanol–water partition coefficient (Wildman–Crippen LogP) is 5.54.